The number of carbonyl (C=O) groups excluding carboxylic acids is 1. The van der Waals surface area contributed by atoms with Crippen molar-refractivity contribution in [3.63, 3.8) is 0 Å². The van der Waals surface area contributed by atoms with Crippen LogP contribution in [-0.2, 0) is 9.53 Å². The van der Waals surface area contributed by atoms with E-state index >= 15 is 0 Å². The number of hydrogen-bond donors (Lipinski definition) is 0. The number of halogens is 1. The van der Waals surface area contributed by atoms with Crippen molar-refractivity contribution in [2.45, 2.75) is 32.3 Å². The Morgan fingerprint density at radius 1 is 1.70 bits per heavy atom. The summed E-state index contributed by atoms with van der Waals surface area (Å²) in [5.74, 6) is 0. The van der Waals surface area contributed by atoms with Crippen molar-refractivity contribution >= 4 is 22.4 Å². The Labute approximate surface area is 70.1 Å². The maximum absolute atomic E-state index is 9.89. The van der Waals surface area contributed by atoms with Crippen LogP contribution in [0.25, 0.3) is 0 Å². The lowest BCUT2D eigenvalue weighted by Crippen LogP contribution is -2.13. The van der Waals surface area contributed by atoms with Crippen molar-refractivity contribution in [3.8, 4) is 0 Å². The molecule has 2 nitrogen and oxygen atoms in total. The van der Waals surface area contributed by atoms with E-state index in [9.17, 15) is 4.79 Å². The van der Waals surface area contributed by atoms with Crippen LogP contribution in [0.2, 0.25) is 0 Å². The van der Waals surface area contributed by atoms with Gasteiger partial charge in [-0.2, -0.15) is 0 Å². The molecule has 0 rings (SSSR count). The Morgan fingerprint density at radius 2 is 2.40 bits per heavy atom. The van der Waals surface area contributed by atoms with Crippen LogP contribution in [0.4, 0.5) is 0 Å². The van der Waals surface area contributed by atoms with Crippen molar-refractivity contribution in [1.29, 1.82) is 0 Å². The number of rotatable bonds is 6. The van der Waals surface area contributed by atoms with Gasteiger partial charge in [0.15, 0.2) is 0 Å². The third-order valence-electron chi connectivity index (χ3n) is 1.30. The summed E-state index contributed by atoms with van der Waals surface area (Å²) in [4.78, 5) is 9.89. The van der Waals surface area contributed by atoms with Gasteiger partial charge in [-0.3, -0.25) is 4.79 Å². The predicted molar refractivity (Wildman–Crippen MR) is 44.3 cm³/mol. The molecule has 10 heavy (non-hydrogen) atoms. The monoisotopic (exact) mass is 208 g/mol. The summed E-state index contributed by atoms with van der Waals surface area (Å²) in [5.41, 5.74) is 0. The summed E-state index contributed by atoms with van der Waals surface area (Å²) >= 11 is 3.26. The van der Waals surface area contributed by atoms with Crippen LogP contribution in [0.15, 0.2) is 0 Å². The molecule has 0 amide bonds. The van der Waals surface area contributed by atoms with Crippen LogP contribution in [0.5, 0.6) is 0 Å². The highest BCUT2D eigenvalue weighted by molar-refractivity contribution is 9.09. The van der Waals surface area contributed by atoms with Crippen molar-refractivity contribution < 1.29 is 9.53 Å². The van der Waals surface area contributed by atoms with E-state index in [0.717, 1.165) is 24.6 Å². The summed E-state index contributed by atoms with van der Waals surface area (Å²) in [6, 6.07) is 0. The minimum Gasteiger partial charge on any atom is -0.464 e. The van der Waals surface area contributed by atoms with E-state index in [4.69, 9.17) is 4.74 Å². The molecule has 1 atom stereocenters. The normalized spacial score (nSPS) is 12.6. The molecule has 0 N–H and O–H groups in total. The summed E-state index contributed by atoms with van der Waals surface area (Å²) < 4.78 is 4.77. The van der Waals surface area contributed by atoms with Gasteiger partial charge in [-0.15, -0.1) is 0 Å². The fourth-order valence-corrected chi connectivity index (χ4v) is 1.17. The zero-order valence-electron chi connectivity index (χ0n) is 6.18. The second kappa shape index (κ2) is 7.06. The topological polar surface area (TPSA) is 26.3 Å². The average Bonchev–Trinajstić information content (AvgIpc) is 1.98. The Hall–Kier alpha value is -0.0500. The van der Waals surface area contributed by atoms with Gasteiger partial charge in [0.1, 0.15) is 6.10 Å². The first-order chi connectivity index (χ1) is 4.85. The quantitative estimate of drug-likeness (QED) is 0.494. The van der Waals surface area contributed by atoms with Crippen LogP contribution in [0, 0.1) is 0 Å². The third kappa shape index (κ3) is 4.79. The Bertz CT molecular complexity index is 85.7. The molecule has 0 heterocycles. The van der Waals surface area contributed by atoms with Crippen LogP contribution in [0.1, 0.15) is 26.2 Å². The fourth-order valence-electron chi connectivity index (χ4n) is 0.692. The molecule has 0 saturated carbocycles. The third-order valence-corrected chi connectivity index (χ3v) is 2.02. The lowest BCUT2D eigenvalue weighted by molar-refractivity contribution is -0.132. The van der Waals surface area contributed by atoms with Gasteiger partial charge in [0.2, 0.25) is 0 Å². The first-order valence-electron chi connectivity index (χ1n) is 3.50. The van der Waals surface area contributed by atoms with Gasteiger partial charge in [0, 0.05) is 5.33 Å². The molecule has 0 bridgehead atoms. The van der Waals surface area contributed by atoms with E-state index in [2.05, 4.69) is 22.9 Å². The molecule has 0 aliphatic heterocycles. The number of unbranched alkanes of at least 4 members (excludes halogenated alkanes) is 1. The Kier molecular flexibility index (Phi) is 7.03. The summed E-state index contributed by atoms with van der Waals surface area (Å²) in [6.07, 6.45) is 3.29. The Balaban J connectivity index is 3.29. The van der Waals surface area contributed by atoms with E-state index in [0.29, 0.717) is 6.47 Å². The number of carbonyl (C=O) groups is 1. The number of ether oxygens (including phenoxy) is 1. The van der Waals surface area contributed by atoms with Crippen LogP contribution in [-0.4, -0.2) is 17.9 Å². The molecule has 0 aliphatic carbocycles. The van der Waals surface area contributed by atoms with Gasteiger partial charge in [-0.05, 0) is 6.42 Å². The van der Waals surface area contributed by atoms with Crippen molar-refractivity contribution in [3.05, 3.63) is 0 Å². The van der Waals surface area contributed by atoms with E-state index in [1.807, 2.05) is 0 Å². The predicted octanol–water partition coefficient (Wildman–Crippen LogP) is 2.11. The van der Waals surface area contributed by atoms with Crippen LogP contribution in [0.3, 0.4) is 0 Å². The molecule has 0 aromatic carbocycles. The minimum absolute atomic E-state index is 0.0671. The van der Waals surface area contributed by atoms with Gasteiger partial charge in [-0.25, -0.2) is 0 Å². The first kappa shape index (κ1) is 9.95. The standard InChI is InChI=1S/C7H13BrO2/c1-2-3-4-7(5-8)10-6-9/h6-7H,2-5H2,1H3. The van der Waals surface area contributed by atoms with Gasteiger partial charge in [0.05, 0.1) is 0 Å². The smallest absolute Gasteiger partial charge is 0.293 e. The highest BCUT2D eigenvalue weighted by Crippen LogP contribution is 2.06. The van der Waals surface area contributed by atoms with Gasteiger partial charge in [0.25, 0.3) is 6.47 Å². The van der Waals surface area contributed by atoms with Gasteiger partial charge < -0.3 is 4.74 Å². The largest absolute Gasteiger partial charge is 0.464 e. The van der Waals surface area contributed by atoms with E-state index in [-0.39, 0.29) is 6.10 Å². The molecule has 0 aromatic rings. The lowest BCUT2D eigenvalue weighted by atomic mass is 10.2. The molecule has 0 spiro atoms. The van der Waals surface area contributed by atoms with Crippen molar-refractivity contribution in [2.24, 2.45) is 0 Å². The number of alkyl halides is 1. The van der Waals surface area contributed by atoms with Crippen molar-refractivity contribution in [2.75, 3.05) is 5.33 Å². The fraction of sp³-hybridized carbons (Fsp3) is 0.857. The van der Waals surface area contributed by atoms with E-state index in [1.54, 1.807) is 0 Å². The minimum atomic E-state index is 0.0671. The SMILES string of the molecule is CCCCC(CBr)OC=O. The van der Waals surface area contributed by atoms with Crippen molar-refractivity contribution in [1.82, 2.24) is 0 Å². The van der Waals surface area contributed by atoms with Gasteiger partial charge >= 0.3 is 0 Å². The highest BCUT2D eigenvalue weighted by atomic mass is 79.9. The molecule has 0 aliphatic rings. The lowest BCUT2D eigenvalue weighted by Gasteiger charge is -2.09. The molecular weight excluding hydrogens is 196 g/mol. The molecule has 0 radical (unpaired) electrons. The maximum Gasteiger partial charge on any atom is 0.293 e. The molecule has 0 aromatic heterocycles. The zero-order chi connectivity index (χ0) is 7.82. The number of hydrogen-bond acceptors (Lipinski definition) is 2. The Morgan fingerprint density at radius 3 is 2.80 bits per heavy atom. The molecular formula is C7H13BrO2. The second-order valence-electron chi connectivity index (χ2n) is 2.15. The van der Waals surface area contributed by atoms with Gasteiger partial charge in [-0.1, -0.05) is 35.7 Å². The summed E-state index contributed by atoms with van der Waals surface area (Å²) in [5, 5.41) is 0.742. The molecule has 0 saturated heterocycles. The van der Waals surface area contributed by atoms with E-state index < -0.39 is 0 Å². The highest BCUT2D eigenvalue weighted by Gasteiger charge is 2.04. The summed E-state index contributed by atoms with van der Waals surface area (Å²) in [6.45, 7) is 2.63. The zero-order valence-corrected chi connectivity index (χ0v) is 7.76. The maximum atomic E-state index is 9.89. The van der Waals surface area contributed by atoms with E-state index in [1.165, 1.54) is 0 Å². The van der Waals surface area contributed by atoms with Crippen LogP contribution < -0.4 is 0 Å². The second-order valence-corrected chi connectivity index (χ2v) is 2.80. The molecule has 3 heteroatoms. The molecule has 1 unspecified atom stereocenters. The summed E-state index contributed by atoms with van der Waals surface area (Å²) in [7, 11) is 0. The average molecular weight is 209 g/mol. The molecule has 60 valence electrons. The van der Waals surface area contributed by atoms with Crippen LogP contribution >= 0.6 is 15.9 Å². The molecule has 0 fully saturated rings. The first-order valence-corrected chi connectivity index (χ1v) is 4.62.